The molecule has 180 valence electrons. The molecule has 2 aliphatic rings. The highest BCUT2D eigenvalue weighted by molar-refractivity contribution is 5.82. The molecule has 10 nitrogen and oxygen atoms in total. The van der Waals surface area contributed by atoms with Gasteiger partial charge in [0, 0.05) is 23.8 Å². The molecule has 3 aromatic heterocycles. The van der Waals surface area contributed by atoms with Crippen LogP contribution in [0.25, 0.3) is 22.4 Å². The van der Waals surface area contributed by atoms with Gasteiger partial charge in [-0.05, 0) is 42.9 Å². The lowest BCUT2D eigenvalue weighted by Crippen LogP contribution is -2.34. The van der Waals surface area contributed by atoms with Crippen molar-refractivity contribution in [3.63, 3.8) is 0 Å². The van der Waals surface area contributed by atoms with Gasteiger partial charge in [-0.15, -0.1) is 0 Å². The Morgan fingerprint density at radius 2 is 2.11 bits per heavy atom. The predicted molar refractivity (Wildman–Crippen MR) is 133 cm³/mol. The van der Waals surface area contributed by atoms with Gasteiger partial charge in [0.2, 0.25) is 0 Å². The SMILES string of the molecule is Nc1nc2nc3c1[nH]c(=O)n3Cc1ccc(-c3cc(CNC4CCC4)[nH]n3)c(c1)C/C=C/CCO2. The van der Waals surface area contributed by atoms with Gasteiger partial charge < -0.3 is 20.8 Å². The van der Waals surface area contributed by atoms with E-state index in [1.807, 2.05) is 6.07 Å². The van der Waals surface area contributed by atoms with E-state index in [4.69, 9.17) is 10.5 Å². The van der Waals surface area contributed by atoms with Crippen LogP contribution in [0.2, 0.25) is 0 Å². The predicted octanol–water partition coefficient (Wildman–Crippen LogP) is 2.66. The van der Waals surface area contributed by atoms with E-state index in [9.17, 15) is 4.79 Å². The third kappa shape index (κ3) is 4.32. The van der Waals surface area contributed by atoms with Crippen molar-refractivity contribution in [3.05, 3.63) is 63.7 Å². The number of rotatable bonds is 4. The maximum atomic E-state index is 12.7. The molecule has 10 heteroatoms. The number of H-pyrrole nitrogens is 2. The summed E-state index contributed by atoms with van der Waals surface area (Å²) in [5, 5.41) is 11.3. The lowest BCUT2D eigenvalue weighted by atomic mass is 9.93. The van der Waals surface area contributed by atoms with Crippen LogP contribution in [0.1, 0.15) is 42.5 Å². The number of hydrogen-bond donors (Lipinski definition) is 4. The Kier molecular flexibility index (Phi) is 5.57. The Morgan fingerprint density at radius 3 is 2.97 bits per heavy atom. The molecule has 1 aliphatic heterocycles. The number of aromatic amines is 2. The van der Waals surface area contributed by atoms with E-state index in [1.54, 1.807) is 4.57 Å². The summed E-state index contributed by atoms with van der Waals surface area (Å²) in [7, 11) is 0. The smallest absolute Gasteiger partial charge is 0.328 e. The summed E-state index contributed by atoms with van der Waals surface area (Å²) in [6, 6.07) is 9.17. The second kappa shape index (κ2) is 9.03. The van der Waals surface area contributed by atoms with Gasteiger partial charge in [-0.25, -0.2) is 4.79 Å². The first kappa shape index (κ1) is 21.6. The Morgan fingerprint density at radius 1 is 1.20 bits per heavy atom. The molecule has 0 atom stereocenters. The number of ether oxygens (including phenoxy) is 1. The van der Waals surface area contributed by atoms with Gasteiger partial charge in [0.25, 0.3) is 0 Å². The molecule has 0 spiro atoms. The minimum absolute atomic E-state index is 0.172. The Hall–Kier alpha value is -3.92. The van der Waals surface area contributed by atoms with Crippen molar-refractivity contribution in [1.82, 2.24) is 35.0 Å². The molecule has 0 radical (unpaired) electrons. The molecule has 4 aromatic rings. The van der Waals surface area contributed by atoms with Gasteiger partial charge in [-0.1, -0.05) is 36.8 Å². The standard InChI is InChI=1S/C25H28N8O2/c26-22-21-23-30-24(29-22)35-10-3-1-2-5-16-11-15(14-33(23)25(34)28-21)8-9-19(16)20-12-18(31-32-20)13-27-17-6-4-7-17/h1-2,8-9,11-12,17,27H,3-7,10,13-14H2,(H,28,34)(H,31,32)(H2,26,29,30)/b2-1+. The first-order valence-corrected chi connectivity index (χ1v) is 12.1. The van der Waals surface area contributed by atoms with Gasteiger partial charge in [-0.3, -0.25) is 9.67 Å². The molecule has 1 fully saturated rings. The minimum atomic E-state index is -0.285. The average molecular weight is 473 g/mol. The van der Waals surface area contributed by atoms with Crippen LogP contribution in [-0.4, -0.2) is 42.4 Å². The van der Waals surface area contributed by atoms with Crippen LogP contribution in [0.5, 0.6) is 6.01 Å². The fourth-order valence-electron chi connectivity index (χ4n) is 4.59. The third-order valence-electron chi connectivity index (χ3n) is 6.75. The summed E-state index contributed by atoms with van der Waals surface area (Å²) < 4.78 is 7.27. The van der Waals surface area contributed by atoms with Crippen molar-refractivity contribution in [2.24, 2.45) is 0 Å². The van der Waals surface area contributed by atoms with Crippen LogP contribution in [0.4, 0.5) is 5.82 Å². The van der Waals surface area contributed by atoms with Crippen molar-refractivity contribution in [1.29, 1.82) is 0 Å². The largest absolute Gasteiger partial charge is 0.463 e. The first-order valence-electron chi connectivity index (χ1n) is 12.1. The van der Waals surface area contributed by atoms with Gasteiger partial charge in [0.1, 0.15) is 5.52 Å². The molecule has 35 heavy (non-hydrogen) atoms. The average Bonchev–Trinajstić information content (AvgIpc) is 3.40. The summed E-state index contributed by atoms with van der Waals surface area (Å²) in [6.07, 6.45) is 9.50. The van der Waals surface area contributed by atoms with Crippen molar-refractivity contribution < 1.29 is 4.74 Å². The Bertz CT molecular complexity index is 1460. The Labute approximate surface area is 201 Å². The zero-order chi connectivity index (χ0) is 23.8. The minimum Gasteiger partial charge on any atom is -0.463 e. The maximum absolute atomic E-state index is 12.7. The number of nitrogens with zero attached hydrogens (tertiary/aromatic N) is 4. The van der Waals surface area contributed by atoms with Gasteiger partial charge in [0.15, 0.2) is 11.5 Å². The fraction of sp³-hybridized carbons (Fsp3) is 0.360. The maximum Gasteiger partial charge on any atom is 0.328 e. The van der Waals surface area contributed by atoms with Crippen molar-refractivity contribution in [2.75, 3.05) is 12.3 Å². The molecule has 0 saturated heterocycles. The van der Waals surface area contributed by atoms with Crippen LogP contribution < -0.4 is 21.5 Å². The summed E-state index contributed by atoms with van der Waals surface area (Å²) in [5.41, 5.74) is 11.8. The molecule has 4 heterocycles. The molecular formula is C25H28N8O2. The summed E-state index contributed by atoms with van der Waals surface area (Å²) >= 11 is 0. The van der Waals surface area contributed by atoms with Crippen molar-refractivity contribution in [3.8, 4) is 17.3 Å². The van der Waals surface area contributed by atoms with Gasteiger partial charge in [0.05, 0.1) is 18.8 Å². The molecule has 0 amide bonds. The Balaban J connectivity index is 1.35. The van der Waals surface area contributed by atoms with E-state index >= 15 is 0 Å². The van der Waals surface area contributed by atoms with Gasteiger partial charge >= 0.3 is 11.7 Å². The third-order valence-corrected chi connectivity index (χ3v) is 6.75. The number of imidazole rings is 1. The zero-order valence-corrected chi connectivity index (χ0v) is 19.4. The number of nitrogen functional groups attached to an aromatic ring is 1. The van der Waals surface area contributed by atoms with E-state index in [0.717, 1.165) is 41.0 Å². The molecule has 6 rings (SSSR count). The molecule has 1 aromatic carbocycles. The molecule has 4 bridgehead atoms. The normalized spacial score (nSPS) is 17.1. The topological polar surface area (TPSA) is 140 Å². The molecular weight excluding hydrogens is 444 g/mol. The van der Waals surface area contributed by atoms with Crippen LogP contribution in [0.15, 0.2) is 41.2 Å². The fourth-order valence-corrected chi connectivity index (χ4v) is 4.59. The second-order valence-corrected chi connectivity index (χ2v) is 9.20. The number of nitrogens with two attached hydrogens (primary N) is 1. The lowest BCUT2D eigenvalue weighted by Gasteiger charge is -2.26. The molecule has 1 aliphatic carbocycles. The molecule has 0 unspecified atom stereocenters. The van der Waals surface area contributed by atoms with E-state index in [0.29, 0.717) is 36.8 Å². The van der Waals surface area contributed by atoms with Gasteiger partial charge in [-0.2, -0.15) is 15.1 Å². The molecule has 1 saturated carbocycles. The highest BCUT2D eigenvalue weighted by Crippen LogP contribution is 2.27. The van der Waals surface area contributed by atoms with E-state index in [-0.39, 0.29) is 17.5 Å². The second-order valence-electron chi connectivity index (χ2n) is 9.20. The van der Waals surface area contributed by atoms with Crippen LogP contribution in [0.3, 0.4) is 0 Å². The number of allylic oxidation sites excluding steroid dienone is 1. The summed E-state index contributed by atoms with van der Waals surface area (Å²) in [6.45, 7) is 1.56. The first-order chi connectivity index (χ1) is 17.1. The summed E-state index contributed by atoms with van der Waals surface area (Å²) in [5.74, 6) is 0.195. The van der Waals surface area contributed by atoms with E-state index < -0.39 is 0 Å². The number of nitrogens with one attached hydrogen (secondary N) is 3. The van der Waals surface area contributed by atoms with E-state index in [1.165, 1.54) is 19.3 Å². The van der Waals surface area contributed by atoms with E-state index in [2.05, 4.69) is 60.8 Å². The van der Waals surface area contributed by atoms with Crippen LogP contribution >= 0.6 is 0 Å². The van der Waals surface area contributed by atoms with Crippen molar-refractivity contribution in [2.45, 2.75) is 51.2 Å². The highest BCUT2D eigenvalue weighted by atomic mass is 16.5. The van der Waals surface area contributed by atoms with Crippen molar-refractivity contribution >= 4 is 17.0 Å². The highest BCUT2D eigenvalue weighted by Gasteiger charge is 2.18. The quantitative estimate of drug-likeness (QED) is 0.335. The monoisotopic (exact) mass is 472 g/mol. The zero-order valence-electron chi connectivity index (χ0n) is 19.4. The summed E-state index contributed by atoms with van der Waals surface area (Å²) in [4.78, 5) is 24.1. The molecule has 5 N–H and O–H groups in total. The number of aromatic nitrogens is 6. The number of fused-ring (bicyclic) bond motifs is 3. The van der Waals surface area contributed by atoms with Crippen LogP contribution in [-0.2, 0) is 19.5 Å². The van der Waals surface area contributed by atoms with Crippen LogP contribution in [0, 0.1) is 0 Å². The number of anilines is 1. The lowest BCUT2D eigenvalue weighted by molar-refractivity contribution is 0.300. The number of hydrogen-bond acceptors (Lipinski definition) is 7. The number of benzene rings is 1.